The van der Waals surface area contributed by atoms with Gasteiger partial charge in [-0.1, -0.05) is 35.6 Å². The van der Waals surface area contributed by atoms with Crippen LogP contribution in [0.3, 0.4) is 0 Å². The third kappa shape index (κ3) is 4.79. The van der Waals surface area contributed by atoms with E-state index in [0.717, 1.165) is 0 Å². The quantitative estimate of drug-likeness (QED) is 0.469. The van der Waals surface area contributed by atoms with Crippen molar-refractivity contribution in [1.82, 2.24) is 4.57 Å². The molecule has 2 heterocycles. The Hall–Kier alpha value is -3.85. The van der Waals surface area contributed by atoms with Gasteiger partial charge in [0.2, 0.25) is 0 Å². The fraction of sp³-hybridized carbons (Fsp3) is 0.296. The van der Waals surface area contributed by atoms with E-state index in [9.17, 15) is 14.7 Å². The van der Waals surface area contributed by atoms with Crippen LogP contribution in [-0.2, 0) is 9.53 Å². The first-order valence-corrected chi connectivity index (χ1v) is 12.6. The minimum atomic E-state index is -0.776. The van der Waals surface area contributed by atoms with Crippen molar-refractivity contribution in [3.05, 3.63) is 84.5 Å². The molecule has 2 aromatic carbocycles. The number of phenols is 1. The molecule has 9 heteroatoms. The first-order chi connectivity index (χ1) is 17.4. The van der Waals surface area contributed by atoms with Crippen LogP contribution in [0.5, 0.6) is 17.2 Å². The number of carbonyl (C=O) groups excluding carboxylic acids is 1. The van der Waals surface area contributed by atoms with Gasteiger partial charge in [-0.25, -0.2) is 9.79 Å². The maximum Gasteiger partial charge on any atom is 0.338 e. The van der Waals surface area contributed by atoms with E-state index in [1.807, 2.05) is 19.9 Å². The molecule has 0 aliphatic carbocycles. The zero-order valence-electron chi connectivity index (χ0n) is 20.6. The number of ether oxygens (including phenoxy) is 3. The number of phenolic OH excluding ortho intramolecular Hbond substituents is 1. The highest BCUT2D eigenvalue weighted by molar-refractivity contribution is 7.07. The van der Waals surface area contributed by atoms with Gasteiger partial charge in [-0.15, -0.1) is 0 Å². The highest BCUT2D eigenvalue weighted by Crippen LogP contribution is 2.36. The molecule has 1 aliphatic rings. The highest BCUT2D eigenvalue weighted by Gasteiger charge is 2.34. The molecule has 0 spiro atoms. The molecule has 0 radical (unpaired) electrons. The van der Waals surface area contributed by atoms with Gasteiger partial charge < -0.3 is 19.3 Å². The van der Waals surface area contributed by atoms with Crippen LogP contribution in [-0.4, -0.2) is 35.5 Å². The predicted molar refractivity (Wildman–Crippen MR) is 137 cm³/mol. The monoisotopic (exact) mass is 508 g/mol. The average Bonchev–Trinajstić information content (AvgIpc) is 3.15. The van der Waals surface area contributed by atoms with Gasteiger partial charge in [0.1, 0.15) is 5.75 Å². The summed E-state index contributed by atoms with van der Waals surface area (Å²) in [6.07, 6.45) is 1.63. The lowest BCUT2D eigenvalue weighted by Crippen LogP contribution is -2.40. The number of thiazole rings is 1. The van der Waals surface area contributed by atoms with Gasteiger partial charge in [0.25, 0.3) is 5.56 Å². The molecule has 1 atom stereocenters. The second-order valence-corrected chi connectivity index (χ2v) is 8.94. The maximum absolute atomic E-state index is 13.7. The fourth-order valence-electron chi connectivity index (χ4n) is 4.10. The number of aromatic hydroxyl groups is 1. The van der Waals surface area contributed by atoms with Gasteiger partial charge in [0.15, 0.2) is 16.3 Å². The molecule has 0 saturated heterocycles. The molecule has 0 amide bonds. The molecule has 3 aromatic rings. The lowest BCUT2D eigenvalue weighted by Gasteiger charge is -2.25. The summed E-state index contributed by atoms with van der Waals surface area (Å²) in [5.74, 6) is 0.626. The number of aromatic nitrogens is 1. The molecule has 0 bridgehead atoms. The van der Waals surface area contributed by atoms with Gasteiger partial charge in [0, 0.05) is 5.56 Å². The van der Waals surface area contributed by atoms with E-state index in [2.05, 4.69) is 4.99 Å². The average molecular weight is 509 g/mol. The van der Waals surface area contributed by atoms with Crippen LogP contribution in [0.25, 0.3) is 6.08 Å². The SMILES string of the molecule is CCOC(=O)C1=C(C)N=c2s/c(=C\c3ccccc3O)c(=O)n2[C@H]1c1ccc(OCC)c(OCC)c1. The Morgan fingerprint density at radius 1 is 1.08 bits per heavy atom. The van der Waals surface area contributed by atoms with Crippen molar-refractivity contribution < 1.29 is 24.1 Å². The highest BCUT2D eigenvalue weighted by atomic mass is 32.1. The number of allylic oxidation sites excluding steroid dienone is 1. The van der Waals surface area contributed by atoms with Crippen LogP contribution in [0.2, 0.25) is 0 Å². The molecular weight excluding hydrogens is 480 g/mol. The van der Waals surface area contributed by atoms with Gasteiger partial charge in [-0.2, -0.15) is 0 Å². The van der Waals surface area contributed by atoms with Gasteiger partial charge in [0.05, 0.1) is 41.7 Å². The molecule has 0 fully saturated rings. The summed E-state index contributed by atoms with van der Waals surface area (Å²) in [5.41, 5.74) is 1.61. The molecule has 36 heavy (non-hydrogen) atoms. The smallest absolute Gasteiger partial charge is 0.338 e. The number of hydrogen-bond donors (Lipinski definition) is 1. The minimum Gasteiger partial charge on any atom is -0.507 e. The third-order valence-electron chi connectivity index (χ3n) is 5.62. The number of esters is 1. The Balaban J connectivity index is 1.97. The van der Waals surface area contributed by atoms with Gasteiger partial charge in [-0.05, 0) is 57.5 Å². The molecule has 1 aromatic heterocycles. The Kier molecular flexibility index (Phi) is 7.59. The van der Waals surface area contributed by atoms with Crippen molar-refractivity contribution in [2.24, 2.45) is 4.99 Å². The lowest BCUT2D eigenvalue weighted by molar-refractivity contribution is -0.139. The summed E-state index contributed by atoms with van der Waals surface area (Å²) in [6, 6.07) is 11.4. The summed E-state index contributed by atoms with van der Waals surface area (Å²) >= 11 is 1.20. The molecule has 0 unspecified atom stereocenters. The van der Waals surface area contributed by atoms with Gasteiger partial charge >= 0.3 is 5.97 Å². The van der Waals surface area contributed by atoms with E-state index in [-0.39, 0.29) is 23.5 Å². The Morgan fingerprint density at radius 2 is 1.81 bits per heavy atom. The molecule has 8 nitrogen and oxygen atoms in total. The normalized spacial score (nSPS) is 15.3. The zero-order valence-corrected chi connectivity index (χ0v) is 21.4. The largest absolute Gasteiger partial charge is 0.507 e. The Labute approximate surface area is 212 Å². The third-order valence-corrected chi connectivity index (χ3v) is 6.61. The molecule has 4 rings (SSSR count). The number of carbonyl (C=O) groups is 1. The molecular formula is C27H28N2O6S. The van der Waals surface area contributed by atoms with Crippen molar-refractivity contribution in [1.29, 1.82) is 0 Å². The van der Waals surface area contributed by atoms with Crippen molar-refractivity contribution in [2.45, 2.75) is 33.7 Å². The number of fused-ring (bicyclic) bond motifs is 1. The summed E-state index contributed by atoms with van der Waals surface area (Å²) in [7, 11) is 0. The number of rotatable bonds is 8. The van der Waals surface area contributed by atoms with Crippen LogP contribution < -0.4 is 24.4 Å². The zero-order chi connectivity index (χ0) is 25.8. The topological polar surface area (TPSA) is 99.4 Å². The first kappa shape index (κ1) is 25.2. The maximum atomic E-state index is 13.7. The van der Waals surface area contributed by atoms with Gasteiger partial charge in [-0.3, -0.25) is 9.36 Å². The van der Waals surface area contributed by atoms with Crippen LogP contribution in [0.4, 0.5) is 0 Å². The summed E-state index contributed by atoms with van der Waals surface area (Å²) < 4.78 is 18.7. The van der Waals surface area contributed by atoms with Crippen molar-refractivity contribution >= 4 is 23.4 Å². The van der Waals surface area contributed by atoms with E-state index in [0.29, 0.717) is 50.9 Å². The number of hydrogen-bond acceptors (Lipinski definition) is 8. The van der Waals surface area contributed by atoms with Crippen molar-refractivity contribution in [3.8, 4) is 17.2 Å². The van der Waals surface area contributed by atoms with E-state index in [4.69, 9.17) is 14.2 Å². The first-order valence-electron chi connectivity index (χ1n) is 11.8. The number of para-hydroxylation sites is 1. The summed E-state index contributed by atoms with van der Waals surface area (Å²) in [6.45, 7) is 8.30. The molecule has 188 valence electrons. The second-order valence-electron chi connectivity index (χ2n) is 7.93. The van der Waals surface area contributed by atoms with Crippen LogP contribution in [0, 0.1) is 0 Å². The molecule has 0 saturated carbocycles. The standard InChI is InChI=1S/C27H28N2O6S/c1-5-33-20-13-12-18(14-21(20)34-6-2)24-23(26(32)35-7-3)16(4)28-27-29(24)25(31)22(36-27)15-17-10-8-9-11-19(17)30/h8-15,24,30H,5-7H2,1-4H3/b22-15-/t24-/m0/s1. The van der Waals surface area contributed by atoms with E-state index >= 15 is 0 Å². The summed E-state index contributed by atoms with van der Waals surface area (Å²) in [5, 5.41) is 10.2. The van der Waals surface area contributed by atoms with E-state index < -0.39 is 12.0 Å². The predicted octanol–water partition coefficient (Wildman–Crippen LogP) is 3.30. The van der Waals surface area contributed by atoms with E-state index in [1.165, 1.54) is 15.9 Å². The summed E-state index contributed by atoms with van der Waals surface area (Å²) in [4.78, 5) is 31.8. The second kappa shape index (κ2) is 10.8. The van der Waals surface area contributed by atoms with Crippen molar-refractivity contribution in [3.63, 3.8) is 0 Å². The van der Waals surface area contributed by atoms with E-state index in [1.54, 1.807) is 56.3 Å². The number of nitrogens with zero attached hydrogens (tertiary/aromatic N) is 2. The van der Waals surface area contributed by atoms with Crippen LogP contribution >= 0.6 is 11.3 Å². The molecule has 1 N–H and O–H groups in total. The molecule has 1 aliphatic heterocycles. The Morgan fingerprint density at radius 3 is 2.50 bits per heavy atom. The van der Waals surface area contributed by atoms with Crippen LogP contribution in [0.1, 0.15) is 44.9 Å². The number of benzene rings is 2. The lowest BCUT2D eigenvalue weighted by atomic mass is 9.95. The van der Waals surface area contributed by atoms with Crippen LogP contribution in [0.15, 0.2) is 63.5 Å². The Bertz CT molecular complexity index is 1500. The minimum absolute atomic E-state index is 0.0659. The fourth-order valence-corrected chi connectivity index (χ4v) is 5.13. The van der Waals surface area contributed by atoms with Crippen molar-refractivity contribution in [2.75, 3.05) is 19.8 Å².